The van der Waals surface area contributed by atoms with Gasteiger partial charge in [-0.15, -0.1) is 6.58 Å². The van der Waals surface area contributed by atoms with Gasteiger partial charge < -0.3 is 10.1 Å². The van der Waals surface area contributed by atoms with Crippen LogP contribution in [0.4, 0.5) is 0 Å². The Bertz CT molecular complexity index is 358. The first-order valence-electron chi connectivity index (χ1n) is 6.05. The predicted octanol–water partition coefficient (Wildman–Crippen LogP) is 3.04. The Kier molecular flexibility index (Phi) is 5.23. The predicted molar refractivity (Wildman–Crippen MR) is 73.5 cm³/mol. The quantitative estimate of drug-likeness (QED) is 0.731. The molecule has 2 nitrogen and oxygen atoms in total. The fourth-order valence-electron chi connectivity index (χ4n) is 1.77. The lowest BCUT2D eigenvalue weighted by molar-refractivity contribution is 0.178. The van der Waals surface area contributed by atoms with Crippen molar-refractivity contribution in [3.8, 4) is 5.75 Å². The van der Waals surface area contributed by atoms with Gasteiger partial charge in [0.25, 0.3) is 0 Å². The van der Waals surface area contributed by atoms with Crippen molar-refractivity contribution in [3.05, 3.63) is 42.5 Å². The van der Waals surface area contributed by atoms with Crippen LogP contribution in [0.15, 0.2) is 36.9 Å². The van der Waals surface area contributed by atoms with Gasteiger partial charge in [0.15, 0.2) is 0 Å². The number of rotatable bonds is 7. The van der Waals surface area contributed by atoms with Crippen molar-refractivity contribution >= 4 is 0 Å². The average molecular weight is 233 g/mol. The Hall–Kier alpha value is -1.28. The zero-order chi connectivity index (χ0) is 12.7. The third kappa shape index (κ3) is 4.61. The molecule has 0 atom stereocenters. The second-order valence-corrected chi connectivity index (χ2v) is 5.08. The largest absolute Gasteiger partial charge is 0.493 e. The molecule has 0 unspecified atom stereocenters. The summed E-state index contributed by atoms with van der Waals surface area (Å²) in [7, 11) is 1.97. The maximum Gasteiger partial charge on any atom is 0.122 e. The maximum absolute atomic E-state index is 5.92. The van der Waals surface area contributed by atoms with Gasteiger partial charge in [0.05, 0.1) is 6.61 Å². The van der Waals surface area contributed by atoms with Crippen molar-refractivity contribution in [3.63, 3.8) is 0 Å². The number of hydrogen-bond donors (Lipinski definition) is 1. The van der Waals surface area contributed by atoms with Crippen LogP contribution in [0.1, 0.15) is 19.4 Å². The van der Waals surface area contributed by atoms with E-state index in [0.717, 1.165) is 18.7 Å². The first-order chi connectivity index (χ1) is 8.09. The highest BCUT2D eigenvalue weighted by Crippen LogP contribution is 2.22. The van der Waals surface area contributed by atoms with Gasteiger partial charge in [-0.2, -0.15) is 0 Å². The first kappa shape index (κ1) is 13.8. The van der Waals surface area contributed by atoms with E-state index in [-0.39, 0.29) is 5.41 Å². The van der Waals surface area contributed by atoms with Crippen LogP contribution in [-0.2, 0) is 6.42 Å². The number of hydrogen-bond acceptors (Lipinski definition) is 2. The van der Waals surface area contributed by atoms with Gasteiger partial charge in [0, 0.05) is 12.0 Å². The Morgan fingerprint density at radius 3 is 2.71 bits per heavy atom. The number of ether oxygens (including phenoxy) is 1. The molecule has 1 rings (SSSR count). The molecule has 1 aromatic rings. The first-order valence-corrected chi connectivity index (χ1v) is 6.05. The van der Waals surface area contributed by atoms with E-state index in [4.69, 9.17) is 4.74 Å². The van der Waals surface area contributed by atoms with Gasteiger partial charge in [0.1, 0.15) is 5.75 Å². The highest BCUT2D eigenvalue weighted by molar-refractivity contribution is 5.34. The second kappa shape index (κ2) is 6.45. The van der Waals surface area contributed by atoms with Crippen molar-refractivity contribution in [2.45, 2.75) is 20.3 Å². The number of allylic oxidation sites excluding steroid dienone is 1. The lowest BCUT2D eigenvalue weighted by Crippen LogP contribution is -2.32. The monoisotopic (exact) mass is 233 g/mol. The Morgan fingerprint density at radius 1 is 1.35 bits per heavy atom. The van der Waals surface area contributed by atoms with Crippen molar-refractivity contribution in [2.75, 3.05) is 20.2 Å². The normalized spacial score (nSPS) is 11.2. The fourth-order valence-corrected chi connectivity index (χ4v) is 1.77. The molecule has 0 saturated heterocycles. The minimum absolute atomic E-state index is 0.135. The molecule has 0 aliphatic carbocycles. The molecule has 0 fully saturated rings. The summed E-state index contributed by atoms with van der Waals surface area (Å²) in [5, 5.41) is 3.19. The molecule has 0 saturated carbocycles. The summed E-state index contributed by atoms with van der Waals surface area (Å²) in [5.74, 6) is 0.969. The Labute approximate surface area is 105 Å². The average Bonchev–Trinajstić information content (AvgIpc) is 2.28. The van der Waals surface area contributed by atoms with Crippen molar-refractivity contribution < 1.29 is 4.74 Å². The Balaban J connectivity index is 2.65. The summed E-state index contributed by atoms with van der Waals surface area (Å²) in [4.78, 5) is 0. The van der Waals surface area contributed by atoms with Crippen LogP contribution in [-0.4, -0.2) is 20.2 Å². The van der Waals surface area contributed by atoms with E-state index in [2.05, 4.69) is 31.8 Å². The van der Waals surface area contributed by atoms with E-state index in [9.17, 15) is 0 Å². The van der Waals surface area contributed by atoms with E-state index in [1.54, 1.807) is 0 Å². The van der Waals surface area contributed by atoms with Gasteiger partial charge in [-0.3, -0.25) is 0 Å². The molecule has 1 aromatic carbocycles. The van der Waals surface area contributed by atoms with E-state index < -0.39 is 0 Å². The smallest absolute Gasteiger partial charge is 0.122 e. The molecule has 0 heterocycles. The van der Waals surface area contributed by atoms with Gasteiger partial charge in [-0.1, -0.05) is 38.1 Å². The topological polar surface area (TPSA) is 21.3 Å². The van der Waals surface area contributed by atoms with Crippen LogP contribution in [0.5, 0.6) is 5.75 Å². The lowest BCUT2D eigenvalue weighted by Gasteiger charge is -2.25. The van der Waals surface area contributed by atoms with Crippen molar-refractivity contribution in [2.24, 2.45) is 5.41 Å². The van der Waals surface area contributed by atoms with E-state index in [0.29, 0.717) is 6.61 Å². The Morgan fingerprint density at radius 2 is 2.06 bits per heavy atom. The number of benzene rings is 1. The van der Waals surface area contributed by atoms with Gasteiger partial charge >= 0.3 is 0 Å². The molecular formula is C15H23NO. The zero-order valence-corrected chi connectivity index (χ0v) is 11.1. The molecule has 0 amide bonds. The molecule has 0 aliphatic rings. The molecule has 0 spiro atoms. The fraction of sp³-hybridized carbons (Fsp3) is 0.467. The molecule has 0 aliphatic heterocycles. The van der Waals surface area contributed by atoms with Crippen LogP contribution >= 0.6 is 0 Å². The highest BCUT2D eigenvalue weighted by atomic mass is 16.5. The molecule has 1 N–H and O–H groups in total. The zero-order valence-electron chi connectivity index (χ0n) is 11.1. The second-order valence-electron chi connectivity index (χ2n) is 5.08. The van der Waals surface area contributed by atoms with Crippen LogP contribution in [0.2, 0.25) is 0 Å². The maximum atomic E-state index is 5.92. The summed E-state index contributed by atoms with van der Waals surface area (Å²) in [6.07, 6.45) is 2.75. The summed E-state index contributed by atoms with van der Waals surface area (Å²) in [6.45, 7) is 9.81. The van der Waals surface area contributed by atoms with E-state index in [1.807, 2.05) is 31.3 Å². The molecule has 2 heteroatoms. The molecule has 0 radical (unpaired) electrons. The van der Waals surface area contributed by atoms with Gasteiger partial charge in [0.2, 0.25) is 0 Å². The van der Waals surface area contributed by atoms with Crippen LogP contribution in [0.3, 0.4) is 0 Å². The van der Waals surface area contributed by atoms with Gasteiger partial charge in [-0.25, -0.2) is 0 Å². The van der Waals surface area contributed by atoms with Gasteiger partial charge in [-0.05, 0) is 25.1 Å². The summed E-state index contributed by atoms with van der Waals surface area (Å²) >= 11 is 0. The van der Waals surface area contributed by atoms with Crippen LogP contribution < -0.4 is 10.1 Å². The summed E-state index contributed by atoms with van der Waals surface area (Å²) in [6, 6.07) is 8.15. The van der Waals surface area contributed by atoms with Crippen molar-refractivity contribution in [1.82, 2.24) is 5.32 Å². The molecule has 0 bridgehead atoms. The SMILES string of the molecule is C=CCc1ccccc1OCC(C)(C)CNC. The van der Waals surface area contributed by atoms with Crippen LogP contribution in [0.25, 0.3) is 0 Å². The van der Waals surface area contributed by atoms with Crippen LogP contribution in [0, 0.1) is 5.41 Å². The van der Waals surface area contributed by atoms with Crippen molar-refractivity contribution in [1.29, 1.82) is 0 Å². The molecule has 17 heavy (non-hydrogen) atoms. The number of para-hydroxylation sites is 1. The lowest BCUT2D eigenvalue weighted by atomic mass is 9.95. The molecule has 0 aromatic heterocycles. The number of nitrogens with one attached hydrogen (secondary N) is 1. The standard InChI is InChI=1S/C15H23NO/c1-5-8-13-9-6-7-10-14(13)17-12-15(2,3)11-16-4/h5-7,9-10,16H,1,8,11-12H2,2-4H3. The third-order valence-electron chi connectivity index (χ3n) is 2.61. The highest BCUT2D eigenvalue weighted by Gasteiger charge is 2.18. The third-order valence-corrected chi connectivity index (χ3v) is 2.61. The minimum Gasteiger partial charge on any atom is -0.493 e. The van der Waals surface area contributed by atoms with E-state index >= 15 is 0 Å². The summed E-state index contributed by atoms with van der Waals surface area (Å²) in [5.41, 5.74) is 1.33. The molecule has 94 valence electrons. The van der Waals surface area contributed by atoms with E-state index in [1.165, 1.54) is 5.56 Å². The minimum atomic E-state index is 0.135. The summed E-state index contributed by atoms with van der Waals surface area (Å²) < 4.78 is 5.92. The molecular weight excluding hydrogens is 210 g/mol.